The summed E-state index contributed by atoms with van der Waals surface area (Å²) < 4.78 is 5.27. The van der Waals surface area contributed by atoms with Crippen molar-refractivity contribution in [1.82, 2.24) is 4.98 Å². The molecule has 2 rings (SSSR count). The second-order valence-electron chi connectivity index (χ2n) is 3.90. The number of nitrogens with two attached hydrogens (primary N) is 1. The second kappa shape index (κ2) is 4.88. The van der Waals surface area contributed by atoms with E-state index < -0.39 is 0 Å². The number of hydrogen-bond acceptors (Lipinski definition) is 5. The summed E-state index contributed by atoms with van der Waals surface area (Å²) in [6.07, 6.45) is 3.43. The van der Waals surface area contributed by atoms with Crippen LogP contribution in [0.25, 0.3) is 0 Å². The zero-order valence-electron chi connectivity index (χ0n) is 9.97. The number of pyridine rings is 1. The molecule has 0 saturated heterocycles. The maximum absolute atomic E-state index is 5.33. The number of nitrogens with zero attached hydrogens (tertiary/aromatic N) is 2. The highest BCUT2D eigenvalue weighted by atomic mass is 16.3. The third kappa shape index (κ3) is 2.57. The number of furan rings is 1. The number of anilines is 2. The third-order valence-electron chi connectivity index (χ3n) is 2.71. The van der Waals surface area contributed by atoms with Crippen LogP contribution in [0.15, 0.2) is 35.1 Å². The third-order valence-corrected chi connectivity index (χ3v) is 2.71. The van der Waals surface area contributed by atoms with E-state index in [1.54, 1.807) is 12.5 Å². The minimum Gasteiger partial charge on any atom is -0.469 e. The highest BCUT2D eigenvalue weighted by Crippen LogP contribution is 2.19. The molecule has 0 saturated carbocycles. The molecule has 2 aromatic rings. The van der Waals surface area contributed by atoms with Crippen molar-refractivity contribution in [2.45, 2.75) is 13.5 Å². The molecule has 90 valence electrons. The van der Waals surface area contributed by atoms with Crippen LogP contribution in [0.1, 0.15) is 11.3 Å². The molecule has 5 heteroatoms. The molecule has 0 aromatic carbocycles. The predicted molar refractivity (Wildman–Crippen MR) is 67.6 cm³/mol. The van der Waals surface area contributed by atoms with Gasteiger partial charge in [0.2, 0.25) is 0 Å². The Morgan fingerprint density at radius 3 is 2.94 bits per heavy atom. The van der Waals surface area contributed by atoms with E-state index in [-0.39, 0.29) is 0 Å². The summed E-state index contributed by atoms with van der Waals surface area (Å²) in [7, 11) is 2.02. The number of hydrazine groups is 1. The molecule has 0 amide bonds. The van der Waals surface area contributed by atoms with Crippen molar-refractivity contribution < 1.29 is 4.42 Å². The van der Waals surface area contributed by atoms with Gasteiger partial charge in [-0.1, -0.05) is 0 Å². The molecule has 0 unspecified atom stereocenters. The fraction of sp³-hybridized carbons (Fsp3) is 0.250. The van der Waals surface area contributed by atoms with Crippen molar-refractivity contribution in [1.29, 1.82) is 0 Å². The summed E-state index contributed by atoms with van der Waals surface area (Å²) in [5.74, 6) is 6.93. The van der Waals surface area contributed by atoms with E-state index in [1.165, 1.54) is 5.56 Å². The van der Waals surface area contributed by atoms with Gasteiger partial charge < -0.3 is 14.7 Å². The Hall–Kier alpha value is -2.01. The van der Waals surface area contributed by atoms with Crippen molar-refractivity contribution in [2.75, 3.05) is 17.4 Å². The SMILES string of the molecule is Cc1occc1CN(C)c1ccnc(NN)c1. The summed E-state index contributed by atoms with van der Waals surface area (Å²) >= 11 is 0. The molecule has 0 fully saturated rings. The summed E-state index contributed by atoms with van der Waals surface area (Å²) in [6, 6.07) is 5.82. The first-order valence-electron chi connectivity index (χ1n) is 5.37. The van der Waals surface area contributed by atoms with Gasteiger partial charge in [0, 0.05) is 37.1 Å². The monoisotopic (exact) mass is 232 g/mol. The van der Waals surface area contributed by atoms with Crippen molar-refractivity contribution >= 4 is 11.5 Å². The van der Waals surface area contributed by atoms with Gasteiger partial charge in [-0.25, -0.2) is 10.8 Å². The molecule has 0 aliphatic carbocycles. The highest BCUT2D eigenvalue weighted by Gasteiger charge is 2.07. The lowest BCUT2D eigenvalue weighted by Crippen LogP contribution is -2.17. The minimum absolute atomic E-state index is 0.651. The van der Waals surface area contributed by atoms with Crippen LogP contribution in [-0.4, -0.2) is 12.0 Å². The number of aryl methyl sites for hydroxylation is 1. The predicted octanol–water partition coefficient (Wildman–Crippen LogP) is 1.91. The molecule has 0 bridgehead atoms. The molecule has 3 N–H and O–H groups in total. The quantitative estimate of drug-likeness (QED) is 0.622. The lowest BCUT2D eigenvalue weighted by Gasteiger charge is -2.19. The molecule has 0 atom stereocenters. The number of rotatable bonds is 4. The van der Waals surface area contributed by atoms with Crippen LogP contribution in [0.5, 0.6) is 0 Å². The first kappa shape index (κ1) is 11.5. The number of aromatic nitrogens is 1. The van der Waals surface area contributed by atoms with Gasteiger partial charge in [-0.3, -0.25) is 0 Å². The Kier molecular flexibility index (Phi) is 3.30. The lowest BCUT2D eigenvalue weighted by molar-refractivity contribution is 0.529. The van der Waals surface area contributed by atoms with E-state index >= 15 is 0 Å². The molecule has 17 heavy (non-hydrogen) atoms. The van der Waals surface area contributed by atoms with Gasteiger partial charge in [-0.05, 0) is 19.1 Å². The number of hydrogen-bond donors (Lipinski definition) is 2. The van der Waals surface area contributed by atoms with Gasteiger partial charge in [0.05, 0.1) is 6.26 Å². The smallest absolute Gasteiger partial charge is 0.141 e. The summed E-state index contributed by atoms with van der Waals surface area (Å²) in [6.45, 7) is 2.75. The van der Waals surface area contributed by atoms with Gasteiger partial charge in [-0.2, -0.15) is 0 Å². The number of nitrogen functional groups attached to an aromatic ring is 1. The topological polar surface area (TPSA) is 67.3 Å². The minimum atomic E-state index is 0.651. The van der Waals surface area contributed by atoms with Gasteiger partial charge in [0.25, 0.3) is 0 Å². The van der Waals surface area contributed by atoms with Crippen LogP contribution < -0.4 is 16.2 Å². The molecule has 0 spiro atoms. The van der Waals surface area contributed by atoms with Crippen LogP contribution in [-0.2, 0) is 6.54 Å². The fourth-order valence-electron chi connectivity index (χ4n) is 1.66. The molecular formula is C12H16N4O. The average molecular weight is 232 g/mol. The van der Waals surface area contributed by atoms with Crippen molar-refractivity contribution in [3.8, 4) is 0 Å². The molecule has 0 aliphatic heterocycles. The zero-order valence-corrected chi connectivity index (χ0v) is 9.97. The van der Waals surface area contributed by atoms with E-state index in [9.17, 15) is 0 Å². The Bertz CT molecular complexity index is 495. The molecule has 0 radical (unpaired) electrons. The lowest BCUT2D eigenvalue weighted by atomic mass is 10.2. The van der Waals surface area contributed by atoms with Crippen LogP contribution in [0.4, 0.5) is 11.5 Å². The Morgan fingerprint density at radius 1 is 1.47 bits per heavy atom. The van der Waals surface area contributed by atoms with Crippen molar-refractivity contribution in [3.63, 3.8) is 0 Å². The Morgan fingerprint density at radius 2 is 2.29 bits per heavy atom. The largest absolute Gasteiger partial charge is 0.469 e. The molecule has 2 aromatic heterocycles. The molecular weight excluding hydrogens is 216 g/mol. The van der Waals surface area contributed by atoms with E-state index in [0.717, 1.165) is 18.0 Å². The van der Waals surface area contributed by atoms with Crippen LogP contribution in [0.2, 0.25) is 0 Å². The molecule has 2 heterocycles. The molecule has 5 nitrogen and oxygen atoms in total. The van der Waals surface area contributed by atoms with Crippen molar-refractivity contribution in [2.24, 2.45) is 5.84 Å². The van der Waals surface area contributed by atoms with Crippen molar-refractivity contribution in [3.05, 3.63) is 42.0 Å². The van der Waals surface area contributed by atoms with Gasteiger partial charge in [0.1, 0.15) is 11.6 Å². The standard InChI is InChI=1S/C12H16N4O/c1-9-10(4-6-17-9)8-16(2)11-3-5-14-12(7-11)15-13/h3-7H,8,13H2,1-2H3,(H,14,15). The van der Waals surface area contributed by atoms with Gasteiger partial charge >= 0.3 is 0 Å². The van der Waals surface area contributed by atoms with Gasteiger partial charge in [0.15, 0.2) is 0 Å². The second-order valence-corrected chi connectivity index (χ2v) is 3.90. The first-order chi connectivity index (χ1) is 8.20. The maximum atomic E-state index is 5.33. The van der Waals surface area contributed by atoms with Crippen LogP contribution in [0, 0.1) is 6.92 Å². The highest BCUT2D eigenvalue weighted by molar-refractivity contribution is 5.53. The van der Waals surface area contributed by atoms with E-state index in [2.05, 4.69) is 15.3 Å². The number of nitrogens with one attached hydrogen (secondary N) is 1. The van der Waals surface area contributed by atoms with Crippen LogP contribution in [0.3, 0.4) is 0 Å². The maximum Gasteiger partial charge on any atom is 0.141 e. The fourth-order valence-corrected chi connectivity index (χ4v) is 1.66. The summed E-state index contributed by atoms with van der Waals surface area (Å²) in [5.41, 5.74) is 4.76. The Balaban J connectivity index is 2.14. The average Bonchev–Trinajstić information content (AvgIpc) is 2.75. The normalized spacial score (nSPS) is 10.3. The van der Waals surface area contributed by atoms with E-state index in [0.29, 0.717) is 5.82 Å². The molecule has 0 aliphatic rings. The van der Waals surface area contributed by atoms with E-state index in [4.69, 9.17) is 10.3 Å². The van der Waals surface area contributed by atoms with E-state index in [1.807, 2.05) is 32.2 Å². The zero-order chi connectivity index (χ0) is 12.3. The van der Waals surface area contributed by atoms with Gasteiger partial charge in [-0.15, -0.1) is 0 Å². The summed E-state index contributed by atoms with van der Waals surface area (Å²) in [4.78, 5) is 6.19. The Labute approximate surface area is 100 Å². The summed E-state index contributed by atoms with van der Waals surface area (Å²) in [5, 5.41) is 0. The first-order valence-corrected chi connectivity index (χ1v) is 5.37. The van der Waals surface area contributed by atoms with Crippen LogP contribution >= 0.6 is 0 Å².